The van der Waals surface area contributed by atoms with Crippen LogP contribution in [0.25, 0.3) is 22.6 Å². The van der Waals surface area contributed by atoms with Gasteiger partial charge in [-0.05, 0) is 68.6 Å². The second-order valence-corrected chi connectivity index (χ2v) is 9.48. The fourth-order valence-corrected chi connectivity index (χ4v) is 5.35. The Balaban J connectivity index is 1.68. The summed E-state index contributed by atoms with van der Waals surface area (Å²) in [6, 6.07) is 18.9. The van der Waals surface area contributed by atoms with Crippen molar-refractivity contribution in [3.63, 3.8) is 0 Å². The topological polar surface area (TPSA) is 38.4 Å². The van der Waals surface area contributed by atoms with Gasteiger partial charge in [-0.15, -0.1) is 0 Å². The van der Waals surface area contributed by atoms with E-state index in [1.807, 2.05) is 18.3 Å². The van der Waals surface area contributed by atoms with Gasteiger partial charge in [0.1, 0.15) is 0 Å². The maximum absolute atomic E-state index is 6.80. The van der Waals surface area contributed by atoms with E-state index in [4.69, 9.17) is 21.6 Å². The summed E-state index contributed by atoms with van der Waals surface area (Å²) >= 11 is 6.80. The van der Waals surface area contributed by atoms with Crippen LogP contribution < -0.4 is 0 Å². The summed E-state index contributed by atoms with van der Waals surface area (Å²) in [4.78, 5) is 12.3. The molecule has 174 valence electrons. The number of fused-ring (bicyclic) bond motifs is 3. The highest BCUT2D eigenvalue weighted by atomic mass is 35.5. The molecule has 0 aliphatic rings. The van der Waals surface area contributed by atoms with Crippen molar-refractivity contribution in [3.05, 3.63) is 93.9 Å². The lowest BCUT2D eigenvalue weighted by Crippen LogP contribution is -2.24. The summed E-state index contributed by atoms with van der Waals surface area (Å²) in [6.45, 7) is 11.2. The Morgan fingerprint density at radius 1 is 0.971 bits per heavy atom. The van der Waals surface area contributed by atoms with Gasteiger partial charge in [0.2, 0.25) is 5.78 Å². The molecule has 0 atom stereocenters. The van der Waals surface area contributed by atoms with E-state index in [1.54, 1.807) is 0 Å². The number of aromatic nitrogens is 4. The van der Waals surface area contributed by atoms with Crippen LogP contribution in [0.5, 0.6) is 0 Å². The molecule has 0 N–H and O–H groups in total. The van der Waals surface area contributed by atoms with Crippen molar-refractivity contribution in [3.8, 4) is 5.69 Å². The van der Waals surface area contributed by atoms with Crippen LogP contribution in [-0.2, 0) is 13.1 Å². The highest BCUT2D eigenvalue weighted by molar-refractivity contribution is 6.32. The summed E-state index contributed by atoms with van der Waals surface area (Å²) < 4.78 is 4.38. The van der Waals surface area contributed by atoms with Crippen molar-refractivity contribution in [1.82, 2.24) is 23.8 Å². The SMILES string of the molecule is CCCN(Cc1ccccc1)Cc1c(C)nc2n(-c3c(C)cc(C)cc3Cl)c3ncccc3n12. The van der Waals surface area contributed by atoms with Crippen LogP contribution in [-0.4, -0.2) is 30.4 Å². The minimum atomic E-state index is 0.710. The maximum atomic E-state index is 6.80. The van der Waals surface area contributed by atoms with Crippen LogP contribution in [0.2, 0.25) is 5.02 Å². The number of imidazole rings is 2. The van der Waals surface area contributed by atoms with Crippen molar-refractivity contribution in [1.29, 1.82) is 0 Å². The molecule has 0 aliphatic heterocycles. The molecule has 5 nitrogen and oxygen atoms in total. The van der Waals surface area contributed by atoms with E-state index in [0.29, 0.717) is 5.02 Å². The molecule has 0 saturated carbocycles. The van der Waals surface area contributed by atoms with Crippen molar-refractivity contribution >= 4 is 28.5 Å². The summed E-state index contributed by atoms with van der Waals surface area (Å²) in [5, 5.41) is 0.710. The van der Waals surface area contributed by atoms with Gasteiger partial charge in [-0.2, -0.15) is 0 Å². The average molecular weight is 472 g/mol. The number of benzene rings is 2. The van der Waals surface area contributed by atoms with Crippen LogP contribution in [0.4, 0.5) is 0 Å². The van der Waals surface area contributed by atoms with Crippen LogP contribution in [0.15, 0.2) is 60.8 Å². The zero-order valence-electron chi connectivity index (χ0n) is 20.2. The van der Waals surface area contributed by atoms with Gasteiger partial charge in [-0.3, -0.25) is 13.9 Å². The van der Waals surface area contributed by atoms with E-state index < -0.39 is 0 Å². The van der Waals surface area contributed by atoms with E-state index in [0.717, 1.165) is 65.5 Å². The lowest BCUT2D eigenvalue weighted by Gasteiger charge is -2.22. The third-order valence-corrected chi connectivity index (χ3v) is 6.65. The molecule has 0 radical (unpaired) electrons. The summed E-state index contributed by atoms with van der Waals surface area (Å²) in [5.41, 5.74) is 8.64. The predicted octanol–water partition coefficient (Wildman–Crippen LogP) is 6.66. The first kappa shape index (κ1) is 22.6. The molecule has 3 aromatic heterocycles. The molecule has 5 aromatic rings. The standard InChI is InChI=1S/C28H30ClN5/c1-5-14-32(17-22-10-7-6-8-11-22)18-25-21(4)31-28-33(25)24-12-9-13-30-27(24)34(28)26-20(3)15-19(2)16-23(26)29/h6-13,15-16H,5,14,17-18H2,1-4H3. The van der Waals surface area contributed by atoms with Crippen molar-refractivity contribution < 1.29 is 0 Å². The zero-order valence-corrected chi connectivity index (χ0v) is 21.0. The molecule has 0 spiro atoms. The van der Waals surface area contributed by atoms with E-state index in [2.05, 4.69) is 84.0 Å². The molecule has 0 fully saturated rings. The van der Waals surface area contributed by atoms with Gasteiger partial charge < -0.3 is 0 Å². The fraction of sp³-hybridized carbons (Fsp3) is 0.286. The first-order valence-corrected chi connectivity index (χ1v) is 12.2. The minimum Gasteiger partial charge on any atom is -0.293 e. The Hall–Kier alpha value is -3.15. The van der Waals surface area contributed by atoms with Gasteiger partial charge in [-0.25, -0.2) is 9.97 Å². The second kappa shape index (κ2) is 9.24. The number of hydrogen-bond donors (Lipinski definition) is 0. The third kappa shape index (κ3) is 3.99. The second-order valence-electron chi connectivity index (χ2n) is 9.07. The first-order valence-electron chi connectivity index (χ1n) is 11.8. The van der Waals surface area contributed by atoms with E-state index in [-0.39, 0.29) is 0 Å². The lowest BCUT2D eigenvalue weighted by molar-refractivity contribution is 0.253. The number of halogens is 1. The molecular weight excluding hydrogens is 442 g/mol. The summed E-state index contributed by atoms with van der Waals surface area (Å²) in [7, 11) is 0. The first-order chi connectivity index (χ1) is 16.5. The third-order valence-electron chi connectivity index (χ3n) is 6.36. The van der Waals surface area contributed by atoms with Gasteiger partial charge in [0.25, 0.3) is 0 Å². The minimum absolute atomic E-state index is 0.710. The van der Waals surface area contributed by atoms with Crippen LogP contribution >= 0.6 is 11.6 Å². The molecule has 0 aliphatic carbocycles. The van der Waals surface area contributed by atoms with Gasteiger partial charge >= 0.3 is 0 Å². The number of aryl methyl sites for hydroxylation is 3. The van der Waals surface area contributed by atoms with Crippen molar-refractivity contribution in [2.24, 2.45) is 0 Å². The Morgan fingerprint density at radius 3 is 2.50 bits per heavy atom. The van der Waals surface area contributed by atoms with E-state index in [9.17, 15) is 0 Å². The molecular formula is C28H30ClN5. The quantitative estimate of drug-likeness (QED) is 0.266. The molecule has 6 heteroatoms. The van der Waals surface area contributed by atoms with E-state index in [1.165, 1.54) is 11.3 Å². The smallest absolute Gasteiger partial charge is 0.221 e. The van der Waals surface area contributed by atoms with Crippen LogP contribution in [0, 0.1) is 20.8 Å². The number of rotatable bonds is 7. The van der Waals surface area contributed by atoms with E-state index >= 15 is 0 Å². The molecule has 2 aromatic carbocycles. The Labute approximate surface area is 205 Å². The summed E-state index contributed by atoms with van der Waals surface area (Å²) in [6.07, 6.45) is 2.93. The molecule has 0 amide bonds. The number of nitrogens with zero attached hydrogens (tertiary/aromatic N) is 5. The average Bonchev–Trinajstić information content (AvgIpc) is 3.28. The molecule has 3 heterocycles. The van der Waals surface area contributed by atoms with Gasteiger partial charge in [0, 0.05) is 19.3 Å². The molecule has 0 saturated heterocycles. The largest absolute Gasteiger partial charge is 0.293 e. The fourth-order valence-electron chi connectivity index (χ4n) is 4.95. The molecule has 5 rings (SSSR count). The van der Waals surface area contributed by atoms with Crippen LogP contribution in [0.1, 0.15) is 41.4 Å². The monoisotopic (exact) mass is 471 g/mol. The lowest BCUT2D eigenvalue weighted by atomic mass is 10.1. The molecule has 0 unspecified atom stereocenters. The summed E-state index contributed by atoms with van der Waals surface area (Å²) in [5.74, 6) is 0.853. The van der Waals surface area contributed by atoms with Crippen molar-refractivity contribution in [2.45, 2.75) is 47.2 Å². The highest BCUT2D eigenvalue weighted by Crippen LogP contribution is 2.33. The molecule has 0 bridgehead atoms. The zero-order chi connectivity index (χ0) is 23.8. The number of pyridine rings is 1. The van der Waals surface area contributed by atoms with Gasteiger partial charge in [0.05, 0.1) is 27.6 Å². The maximum Gasteiger partial charge on any atom is 0.221 e. The predicted molar refractivity (Wildman–Crippen MR) is 140 cm³/mol. The Morgan fingerprint density at radius 2 is 1.76 bits per heavy atom. The van der Waals surface area contributed by atoms with Crippen LogP contribution in [0.3, 0.4) is 0 Å². The molecule has 34 heavy (non-hydrogen) atoms. The Kier molecular flexibility index (Phi) is 6.15. The van der Waals surface area contributed by atoms with Gasteiger partial charge in [0.15, 0.2) is 5.65 Å². The van der Waals surface area contributed by atoms with Gasteiger partial charge in [-0.1, -0.05) is 54.9 Å². The highest BCUT2D eigenvalue weighted by Gasteiger charge is 2.23. The Bertz CT molecular complexity index is 1440. The van der Waals surface area contributed by atoms with Crippen molar-refractivity contribution in [2.75, 3.05) is 6.54 Å². The number of hydrogen-bond acceptors (Lipinski definition) is 3. The normalized spacial score (nSPS) is 11.8.